The fourth-order valence-corrected chi connectivity index (χ4v) is 2.38. The van der Waals surface area contributed by atoms with Crippen molar-refractivity contribution < 1.29 is 9.84 Å². The van der Waals surface area contributed by atoms with Crippen LogP contribution < -0.4 is 0 Å². The molecular weight excluding hydrogens is 196 g/mol. The van der Waals surface area contributed by atoms with E-state index in [1.807, 2.05) is 6.26 Å². The van der Waals surface area contributed by atoms with Crippen molar-refractivity contribution in [1.82, 2.24) is 0 Å². The Hall–Kier alpha value is 0.270. The van der Waals surface area contributed by atoms with Gasteiger partial charge in [-0.1, -0.05) is 25.7 Å². The maximum absolute atomic E-state index is 9.50. The Morgan fingerprint density at radius 1 is 1.29 bits per heavy atom. The van der Waals surface area contributed by atoms with E-state index in [9.17, 15) is 5.11 Å². The third-order valence-corrected chi connectivity index (χ3v) is 3.40. The number of thioether (sulfide) groups is 1. The highest BCUT2D eigenvalue weighted by atomic mass is 32.2. The molecule has 2 nitrogen and oxygen atoms in total. The lowest BCUT2D eigenvalue weighted by Gasteiger charge is -2.17. The predicted molar refractivity (Wildman–Crippen MR) is 61.8 cm³/mol. The zero-order valence-electron chi connectivity index (χ0n) is 9.08. The molecule has 0 saturated heterocycles. The highest BCUT2D eigenvalue weighted by Crippen LogP contribution is 2.19. The van der Waals surface area contributed by atoms with E-state index in [1.54, 1.807) is 11.8 Å². The van der Waals surface area contributed by atoms with E-state index >= 15 is 0 Å². The van der Waals surface area contributed by atoms with Gasteiger partial charge in [0.1, 0.15) is 0 Å². The van der Waals surface area contributed by atoms with Gasteiger partial charge in [0.15, 0.2) is 0 Å². The first-order valence-electron chi connectivity index (χ1n) is 5.61. The molecule has 0 aliphatic heterocycles. The topological polar surface area (TPSA) is 29.5 Å². The standard InChI is InChI=1S/C11H22O2S/c1-14-9-10(12)8-13-11-6-4-2-3-5-7-11/h10-12H,2-9H2,1H3. The van der Waals surface area contributed by atoms with Crippen LogP contribution in [0.15, 0.2) is 0 Å². The van der Waals surface area contributed by atoms with E-state index in [4.69, 9.17) is 4.74 Å². The Bertz CT molecular complexity index is 133. The molecule has 1 aliphatic carbocycles. The number of ether oxygens (including phenoxy) is 1. The first-order valence-corrected chi connectivity index (χ1v) is 7.01. The molecule has 1 unspecified atom stereocenters. The van der Waals surface area contributed by atoms with Gasteiger partial charge in [-0.25, -0.2) is 0 Å². The number of aliphatic hydroxyl groups is 1. The lowest BCUT2D eigenvalue weighted by atomic mass is 10.1. The smallest absolute Gasteiger partial charge is 0.0863 e. The van der Waals surface area contributed by atoms with E-state index in [2.05, 4.69) is 0 Å². The molecule has 0 aromatic carbocycles. The van der Waals surface area contributed by atoms with Crippen LogP contribution in [0.25, 0.3) is 0 Å². The summed E-state index contributed by atoms with van der Waals surface area (Å²) < 4.78 is 5.71. The van der Waals surface area contributed by atoms with Gasteiger partial charge in [0, 0.05) is 5.75 Å². The van der Waals surface area contributed by atoms with E-state index in [-0.39, 0.29) is 6.10 Å². The number of rotatable bonds is 5. The summed E-state index contributed by atoms with van der Waals surface area (Å²) in [7, 11) is 0. The summed E-state index contributed by atoms with van der Waals surface area (Å²) in [5.74, 6) is 0.784. The Labute approximate surface area is 91.4 Å². The molecule has 0 aromatic rings. The first kappa shape index (κ1) is 12.3. The predicted octanol–water partition coefficient (Wildman–Crippen LogP) is 2.45. The molecule has 0 heterocycles. The second-order valence-electron chi connectivity index (χ2n) is 4.06. The number of hydrogen-bond acceptors (Lipinski definition) is 3. The SMILES string of the molecule is CSCC(O)COC1CCCCCC1. The summed E-state index contributed by atoms with van der Waals surface area (Å²) in [6.45, 7) is 0.519. The number of hydrogen-bond donors (Lipinski definition) is 1. The summed E-state index contributed by atoms with van der Waals surface area (Å²) in [5, 5.41) is 9.50. The minimum atomic E-state index is -0.284. The van der Waals surface area contributed by atoms with Crippen molar-refractivity contribution >= 4 is 11.8 Å². The van der Waals surface area contributed by atoms with E-state index < -0.39 is 0 Å². The number of aliphatic hydroxyl groups excluding tert-OH is 1. The van der Waals surface area contributed by atoms with Crippen LogP contribution in [0.3, 0.4) is 0 Å². The van der Waals surface area contributed by atoms with Gasteiger partial charge in [-0.15, -0.1) is 0 Å². The fraction of sp³-hybridized carbons (Fsp3) is 1.00. The van der Waals surface area contributed by atoms with Gasteiger partial charge < -0.3 is 9.84 Å². The van der Waals surface area contributed by atoms with Crippen molar-refractivity contribution in [1.29, 1.82) is 0 Å². The molecule has 0 aromatic heterocycles. The molecule has 1 N–H and O–H groups in total. The molecule has 3 heteroatoms. The third kappa shape index (κ3) is 5.23. The fourth-order valence-electron chi connectivity index (χ4n) is 1.90. The summed E-state index contributed by atoms with van der Waals surface area (Å²) in [4.78, 5) is 0. The van der Waals surface area contributed by atoms with Crippen LogP contribution in [0.5, 0.6) is 0 Å². The van der Waals surface area contributed by atoms with Crippen molar-refractivity contribution in [2.75, 3.05) is 18.6 Å². The van der Waals surface area contributed by atoms with Crippen LogP contribution in [0, 0.1) is 0 Å². The molecule has 0 amide bonds. The summed E-state index contributed by atoms with van der Waals surface area (Å²) >= 11 is 1.67. The van der Waals surface area contributed by atoms with Gasteiger partial charge in [0.05, 0.1) is 18.8 Å². The average molecular weight is 218 g/mol. The molecule has 14 heavy (non-hydrogen) atoms. The van der Waals surface area contributed by atoms with Crippen LogP contribution in [0.4, 0.5) is 0 Å². The van der Waals surface area contributed by atoms with Crippen LogP contribution in [-0.4, -0.2) is 35.9 Å². The van der Waals surface area contributed by atoms with Crippen LogP contribution in [0.1, 0.15) is 38.5 Å². The Morgan fingerprint density at radius 3 is 2.50 bits per heavy atom. The van der Waals surface area contributed by atoms with Crippen molar-refractivity contribution in [3.8, 4) is 0 Å². The molecule has 0 radical (unpaired) electrons. The van der Waals surface area contributed by atoms with Crippen molar-refractivity contribution in [2.45, 2.75) is 50.7 Å². The van der Waals surface area contributed by atoms with Crippen LogP contribution >= 0.6 is 11.8 Å². The average Bonchev–Trinajstić information content (AvgIpc) is 2.43. The van der Waals surface area contributed by atoms with Gasteiger partial charge in [-0.2, -0.15) is 11.8 Å². The Kier molecular flexibility index (Phi) is 6.65. The van der Waals surface area contributed by atoms with Gasteiger partial charge in [0.2, 0.25) is 0 Å². The largest absolute Gasteiger partial charge is 0.390 e. The lowest BCUT2D eigenvalue weighted by molar-refractivity contribution is -0.00716. The van der Waals surface area contributed by atoms with E-state index in [0.717, 1.165) is 5.75 Å². The van der Waals surface area contributed by atoms with Crippen molar-refractivity contribution in [2.24, 2.45) is 0 Å². The maximum Gasteiger partial charge on any atom is 0.0863 e. The van der Waals surface area contributed by atoms with Gasteiger partial charge in [-0.05, 0) is 19.1 Å². The molecule has 84 valence electrons. The molecule has 0 bridgehead atoms. The van der Waals surface area contributed by atoms with Gasteiger partial charge in [-0.3, -0.25) is 0 Å². The summed E-state index contributed by atoms with van der Waals surface area (Å²) in [6, 6.07) is 0. The normalized spacial score (nSPS) is 21.9. The van der Waals surface area contributed by atoms with Crippen LogP contribution in [0.2, 0.25) is 0 Å². The third-order valence-electron chi connectivity index (χ3n) is 2.69. The maximum atomic E-state index is 9.50. The first-order chi connectivity index (χ1) is 6.83. The second-order valence-corrected chi connectivity index (χ2v) is 4.97. The van der Waals surface area contributed by atoms with E-state index in [1.165, 1.54) is 38.5 Å². The van der Waals surface area contributed by atoms with Crippen molar-refractivity contribution in [3.63, 3.8) is 0 Å². The molecule has 0 spiro atoms. The second kappa shape index (κ2) is 7.55. The zero-order chi connectivity index (χ0) is 10.2. The molecule has 1 aliphatic rings. The minimum Gasteiger partial charge on any atom is -0.390 e. The molecule has 1 saturated carbocycles. The van der Waals surface area contributed by atoms with E-state index in [0.29, 0.717) is 12.7 Å². The van der Waals surface area contributed by atoms with Crippen molar-refractivity contribution in [3.05, 3.63) is 0 Å². The highest BCUT2D eigenvalue weighted by molar-refractivity contribution is 7.98. The molecule has 1 rings (SSSR count). The molecule has 1 fully saturated rings. The van der Waals surface area contributed by atoms with Crippen LogP contribution in [-0.2, 0) is 4.74 Å². The monoisotopic (exact) mass is 218 g/mol. The van der Waals surface area contributed by atoms with Gasteiger partial charge in [0.25, 0.3) is 0 Å². The Morgan fingerprint density at radius 2 is 1.93 bits per heavy atom. The lowest BCUT2D eigenvalue weighted by Crippen LogP contribution is -2.23. The van der Waals surface area contributed by atoms with Gasteiger partial charge >= 0.3 is 0 Å². The summed E-state index contributed by atoms with van der Waals surface area (Å²) in [6.07, 6.45) is 9.81. The highest BCUT2D eigenvalue weighted by Gasteiger charge is 2.14. The summed E-state index contributed by atoms with van der Waals surface area (Å²) in [5.41, 5.74) is 0. The Balaban J connectivity index is 2.09. The quantitative estimate of drug-likeness (QED) is 0.719. The molecule has 1 atom stereocenters. The molecular formula is C11H22O2S. The minimum absolute atomic E-state index is 0.284. The zero-order valence-corrected chi connectivity index (χ0v) is 9.89.